The van der Waals surface area contributed by atoms with Crippen molar-refractivity contribution in [3.63, 3.8) is 0 Å². The van der Waals surface area contributed by atoms with Crippen molar-refractivity contribution < 1.29 is 9.59 Å². The summed E-state index contributed by atoms with van der Waals surface area (Å²) in [6, 6.07) is 8.17. The summed E-state index contributed by atoms with van der Waals surface area (Å²) in [4.78, 5) is 32.8. The van der Waals surface area contributed by atoms with Crippen molar-refractivity contribution in [3.8, 4) is 0 Å². The van der Waals surface area contributed by atoms with Gasteiger partial charge in [0.15, 0.2) is 0 Å². The van der Waals surface area contributed by atoms with Crippen LogP contribution in [0.25, 0.3) is 0 Å². The molecule has 1 atom stereocenters. The third kappa shape index (κ3) is 7.36. The first-order valence-corrected chi connectivity index (χ1v) is 16.8. The summed E-state index contributed by atoms with van der Waals surface area (Å²) >= 11 is 6.17. The van der Waals surface area contributed by atoms with Crippen LogP contribution in [0, 0.1) is 17.3 Å². The third-order valence-corrected chi connectivity index (χ3v) is 10.8. The van der Waals surface area contributed by atoms with Gasteiger partial charge >= 0.3 is 0 Å². The average molecular weight is 595 g/mol. The molecule has 1 aliphatic heterocycles. The smallest absolute Gasteiger partial charge is 0.240 e. The van der Waals surface area contributed by atoms with Crippen LogP contribution in [0.4, 0.5) is 0 Å². The molecule has 0 unspecified atom stereocenters. The fourth-order valence-electron chi connectivity index (χ4n) is 7.87. The van der Waals surface area contributed by atoms with Crippen LogP contribution >= 0.6 is 11.6 Å². The number of piperidine rings is 1. The van der Waals surface area contributed by atoms with Gasteiger partial charge in [0.1, 0.15) is 12.7 Å². The minimum Gasteiger partial charge on any atom is -0.353 e. The molecule has 1 aromatic heterocycles. The molecule has 42 heavy (non-hydrogen) atoms. The van der Waals surface area contributed by atoms with E-state index in [0.29, 0.717) is 17.4 Å². The Bertz CT molecular complexity index is 1160. The summed E-state index contributed by atoms with van der Waals surface area (Å²) < 4.78 is 2.01. The Kier molecular flexibility index (Phi) is 9.49. The fourth-order valence-corrected chi connectivity index (χ4v) is 7.99. The van der Waals surface area contributed by atoms with E-state index in [1.807, 2.05) is 35.3 Å². The Morgan fingerprint density at radius 2 is 1.62 bits per heavy atom. The maximum absolute atomic E-state index is 14.2. The van der Waals surface area contributed by atoms with Gasteiger partial charge in [0.2, 0.25) is 11.8 Å². The van der Waals surface area contributed by atoms with Crippen molar-refractivity contribution in [3.05, 3.63) is 47.5 Å². The summed E-state index contributed by atoms with van der Waals surface area (Å²) in [5.41, 5.74) is 1.29. The number of likely N-dealkylation sites (tertiary alicyclic amines) is 1. The van der Waals surface area contributed by atoms with Gasteiger partial charge in [-0.2, -0.15) is 5.10 Å². The predicted molar refractivity (Wildman–Crippen MR) is 164 cm³/mol. The molecule has 0 bridgehead atoms. The summed E-state index contributed by atoms with van der Waals surface area (Å²) in [6.07, 6.45) is 18.7. The van der Waals surface area contributed by atoms with Crippen molar-refractivity contribution in [2.45, 2.75) is 115 Å². The first-order chi connectivity index (χ1) is 20.5. The van der Waals surface area contributed by atoms with Crippen molar-refractivity contribution in [1.82, 2.24) is 30.3 Å². The van der Waals surface area contributed by atoms with Gasteiger partial charge in [-0.25, -0.2) is 4.98 Å². The molecule has 1 saturated heterocycles. The number of rotatable bonds is 10. The number of aromatic nitrogens is 3. The second-order valence-electron chi connectivity index (χ2n) is 13.5. The van der Waals surface area contributed by atoms with E-state index in [1.165, 1.54) is 32.1 Å². The lowest BCUT2D eigenvalue weighted by Gasteiger charge is -2.48. The highest BCUT2D eigenvalue weighted by molar-refractivity contribution is 6.30. The molecule has 1 aromatic carbocycles. The van der Waals surface area contributed by atoms with Gasteiger partial charge in [-0.05, 0) is 99.7 Å². The maximum atomic E-state index is 14.2. The monoisotopic (exact) mass is 594 g/mol. The van der Waals surface area contributed by atoms with Gasteiger partial charge < -0.3 is 15.5 Å². The molecule has 4 fully saturated rings. The molecule has 2 heterocycles. The molecule has 6 rings (SSSR count). The number of carbonyl (C=O) groups is 2. The quantitative estimate of drug-likeness (QED) is 0.396. The number of nitrogens with one attached hydrogen (secondary N) is 2. The SMILES string of the molecule is O=C(NC1CCC(N[C@H](Cc2ccc(Cl)cc2)C(=O)N2CCC(Cn3cncn3)(C3CCCCC3)CC2)CC1)C1CC1. The number of hydrogen-bond donors (Lipinski definition) is 2. The fraction of sp³-hybridized carbons (Fsp3) is 0.697. The molecule has 2 amide bonds. The number of carbonyl (C=O) groups excluding carboxylic acids is 2. The predicted octanol–water partition coefficient (Wildman–Crippen LogP) is 5.16. The molecule has 0 spiro atoms. The molecule has 4 aliphatic rings. The molecule has 2 N–H and O–H groups in total. The molecule has 3 saturated carbocycles. The summed E-state index contributed by atoms with van der Waals surface area (Å²) in [5.74, 6) is 1.39. The number of halogens is 1. The van der Waals surface area contributed by atoms with Crippen LogP contribution in [-0.2, 0) is 22.6 Å². The van der Waals surface area contributed by atoms with Gasteiger partial charge in [0.05, 0.1) is 6.04 Å². The standard InChI is InChI=1S/C33H47ClN6O2/c34-27-10-6-24(7-11-27)20-30(37-28-12-14-29(15-13-28)38-31(41)25-8-9-25)32(42)39-18-16-33(17-19-39,21-40-23-35-22-36-40)26-4-2-1-3-5-26/h6-7,10-11,22-23,25-26,28-30,37H,1-5,8-9,12-21H2,(H,38,41)/t28?,29?,30-/m1/s1. The summed E-state index contributed by atoms with van der Waals surface area (Å²) in [5, 5.41) is 12.2. The molecule has 2 aromatic rings. The van der Waals surface area contributed by atoms with Crippen LogP contribution in [0.5, 0.6) is 0 Å². The second kappa shape index (κ2) is 13.5. The number of amides is 2. The summed E-state index contributed by atoms with van der Waals surface area (Å²) in [6.45, 7) is 2.48. The number of hydrogen-bond acceptors (Lipinski definition) is 5. The topological polar surface area (TPSA) is 92.2 Å². The van der Waals surface area contributed by atoms with Crippen LogP contribution in [0.15, 0.2) is 36.9 Å². The van der Waals surface area contributed by atoms with Crippen LogP contribution in [0.1, 0.15) is 89.0 Å². The summed E-state index contributed by atoms with van der Waals surface area (Å²) in [7, 11) is 0. The van der Waals surface area contributed by atoms with Crippen LogP contribution in [0.3, 0.4) is 0 Å². The zero-order valence-corrected chi connectivity index (χ0v) is 25.6. The van der Waals surface area contributed by atoms with E-state index in [2.05, 4.69) is 25.6 Å². The molecule has 0 radical (unpaired) electrons. The van der Waals surface area contributed by atoms with E-state index in [0.717, 1.165) is 76.6 Å². The lowest BCUT2D eigenvalue weighted by atomic mass is 9.63. The Labute approximate surface area is 255 Å². The maximum Gasteiger partial charge on any atom is 0.240 e. The molecular formula is C33H47ClN6O2. The first-order valence-electron chi connectivity index (χ1n) is 16.4. The van der Waals surface area contributed by atoms with E-state index in [-0.39, 0.29) is 41.3 Å². The average Bonchev–Trinajstić information content (AvgIpc) is 3.76. The van der Waals surface area contributed by atoms with Gasteiger partial charge in [-0.1, -0.05) is 43.0 Å². The Hall–Kier alpha value is -2.45. The lowest BCUT2D eigenvalue weighted by molar-refractivity contribution is -0.137. The number of nitrogens with zero attached hydrogens (tertiary/aromatic N) is 4. The van der Waals surface area contributed by atoms with E-state index in [4.69, 9.17) is 11.6 Å². The molecule has 9 heteroatoms. The van der Waals surface area contributed by atoms with Crippen molar-refractivity contribution in [2.75, 3.05) is 13.1 Å². The Morgan fingerprint density at radius 1 is 0.929 bits per heavy atom. The molecule has 8 nitrogen and oxygen atoms in total. The second-order valence-corrected chi connectivity index (χ2v) is 13.9. The van der Waals surface area contributed by atoms with Gasteiger partial charge in [-0.15, -0.1) is 0 Å². The highest BCUT2D eigenvalue weighted by Gasteiger charge is 2.44. The minimum absolute atomic E-state index is 0.174. The molecule has 3 aliphatic carbocycles. The van der Waals surface area contributed by atoms with Crippen LogP contribution < -0.4 is 10.6 Å². The lowest BCUT2D eigenvalue weighted by Crippen LogP contribution is -2.56. The van der Waals surface area contributed by atoms with Gasteiger partial charge in [-0.3, -0.25) is 14.3 Å². The van der Waals surface area contributed by atoms with E-state index in [1.54, 1.807) is 6.33 Å². The van der Waals surface area contributed by atoms with Gasteiger partial charge in [0.25, 0.3) is 0 Å². The van der Waals surface area contributed by atoms with Crippen molar-refractivity contribution in [1.29, 1.82) is 0 Å². The van der Waals surface area contributed by atoms with Crippen molar-refractivity contribution in [2.24, 2.45) is 17.3 Å². The Morgan fingerprint density at radius 3 is 2.26 bits per heavy atom. The normalized spacial score (nSPS) is 25.6. The van der Waals surface area contributed by atoms with Gasteiger partial charge in [0, 0.05) is 42.7 Å². The minimum atomic E-state index is -0.272. The Balaban J connectivity index is 1.11. The van der Waals surface area contributed by atoms with E-state index >= 15 is 0 Å². The van der Waals surface area contributed by atoms with E-state index in [9.17, 15) is 9.59 Å². The zero-order chi connectivity index (χ0) is 28.9. The van der Waals surface area contributed by atoms with E-state index < -0.39 is 0 Å². The third-order valence-electron chi connectivity index (χ3n) is 10.6. The molecular weight excluding hydrogens is 548 g/mol. The highest BCUT2D eigenvalue weighted by Crippen LogP contribution is 2.47. The first kappa shape index (κ1) is 29.6. The largest absolute Gasteiger partial charge is 0.353 e. The van der Waals surface area contributed by atoms with Crippen LogP contribution in [0.2, 0.25) is 5.02 Å². The highest BCUT2D eigenvalue weighted by atomic mass is 35.5. The van der Waals surface area contributed by atoms with Crippen LogP contribution in [-0.4, -0.2) is 62.7 Å². The zero-order valence-electron chi connectivity index (χ0n) is 24.9. The molecule has 228 valence electrons. The van der Waals surface area contributed by atoms with Crippen molar-refractivity contribution >= 4 is 23.4 Å². The number of benzene rings is 1.